The van der Waals surface area contributed by atoms with Gasteiger partial charge in [-0.3, -0.25) is 9.69 Å². The maximum atomic E-state index is 12.7. The minimum absolute atomic E-state index is 0.0373. The van der Waals surface area contributed by atoms with E-state index in [1.165, 1.54) is 0 Å². The van der Waals surface area contributed by atoms with Crippen LogP contribution in [0.1, 0.15) is 18.7 Å². The molecule has 1 fully saturated rings. The predicted molar refractivity (Wildman–Crippen MR) is 109 cm³/mol. The fourth-order valence-corrected chi connectivity index (χ4v) is 3.93. The van der Waals surface area contributed by atoms with Crippen LogP contribution in [0.15, 0.2) is 48.5 Å². The summed E-state index contributed by atoms with van der Waals surface area (Å²) in [5.41, 5.74) is 2.83. The quantitative estimate of drug-likeness (QED) is 0.739. The van der Waals surface area contributed by atoms with Gasteiger partial charge in [0.1, 0.15) is 5.82 Å². The molecule has 27 heavy (non-hydrogen) atoms. The van der Waals surface area contributed by atoms with Crippen LogP contribution in [-0.2, 0) is 18.4 Å². The van der Waals surface area contributed by atoms with Crippen LogP contribution in [0.25, 0.3) is 11.0 Å². The molecule has 2 aromatic carbocycles. The molecule has 1 aliphatic rings. The van der Waals surface area contributed by atoms with E-state index in [1.807, 2.05) is 36.4 Å². The molecule has 0 bridgehead atoms. The molecule has 6 heteroatoms. The summed E-state index contributed by atoms with van der Waals surface area (Å²) in [5.74, 6) is 1.03. The van der Waals surface area contributed by atoms with E-state index in [0.717, 1.165) is 49.3 Å². The van der Waals surface area contributed by atoms with Crippen molar-refractivity contribution in [3.63, 3.8) is 0 Å². The molecule has 0 spiro atoms. The molecule has 3 aromatic rings. The molecule has 1 aromatic heterocycles. The maximum Gasteiger partial charge on any atom is 0.228 e. The first kappa shape index (κ1) is 18.0. The number of halogens is 1. The van der Waals surface area contributed by atoms with E-state index >= 15 is 0 Å². The van der Waals surface area contributed by atoms with E-state index in [1.54, 1.807) is 6.07 Å². The fraction of sp³-hybridized carbons (Fsp3) is 0.333. The first-order valence-electron chi connectivity index (χ1n) is 9.30. The van der Waals surface area contributed by atoms with Gasteiger partial charge in [-0.1, -0.05) is 35.9 Å². The number of nitrogens with zero attached hydrogens (tertiary/aromatic N) is 3. The number of nitrogens with one attached hydrogen (secondary N) is 1. The molecule has 5 nitrogen and oxygen atoms in total. The number of para-hydroxylation sites is 3. The number of fused-ring (bicyclic) bond motifs is 1. The van der Waals surface area contributed by atoms with Gasteiger partial charge in [-0.2, -0.15) is 0 Å². The lowest BCUT2D eigenvalue weighted by Crippen LogP contribution is -2.40. The zero-order valence-electron chi connectivity index (χ0n) is 15.4. The number of amides is 1. The largest absolute Gasteiger partial charge is 0.330 e. The summed E-state index contributed by atoms with van der Waals surface area (Å²) in [4.78, 5) is 19.8. The normalized spacial score (nSPS) is 17.9. The van der Waals surface area contributed by atoms with E-state index < -0.39 is 0 Å². The predicted octanol–water partition coefficient (Wildman–Crippen LogP) is 4.08. The number of likely N-dealkylation sites (tertiary alicyclic amines) is 1. The van der Waals surface area contributed by atoms with Gasteiger partial charge in [0, 0.05) is 13.6 Å². The minimum atomic E-state index is -0.0373. The van der Waals surface area contributed by atoms with Gasteiger partial charge < -0.3 is 9.88 Å². The number of anilines is 1. The van der Waals surface area contributed by atoms with Gasteiger partial charge in [-0.05, 0) is 43.7 Å². The molecule has 2 heterocycles. The summed E-state index contributed by atoms with van der Waals surface area (Å²) in [6.45, 7) is 2.47. The topological polar surface area (TPSA) is 50.2 Å². The number of hydrogen-bond donors (Lipinski definition) is 1. The number of rotatable bonds is 4. The molecule has 0 saturated carbocycles. The van der Waals surface area contributed by atoms with E-state index in [4.69, 9.17) is 16.6 Å². The molecule has 0 aliphatic carbocycles. The Balaban J connectivity index is 1.44. The Hall–Kier alpha value is -2.37. The maximum absolute atomic E-state index is 12.7. The number of aromatic nitrogens is 2. The Bertz CT molecular complexity index is 968. The number of piperidine rings is 1. The Labute approximate surface area is 163 Å². The van der Waals surface area contributed by atoms with E-state index in [0.29, 0.717) is 10.7 Å². The van der Waals surface area contributed by atoms with Crippen LogP contribution in [0.3, 0.4) is 0 Å². The smallest absolute Gasteiger partial charge is 0.228 e. The highest BCUT2D eigenvalue weighted by molar-refractivity contribution is 6.33. The second kappa shape index (κ2) is 7.71. The van der Waals surface area contributed by atoms with Gasteiger partial charge in [0.05, 0.1) is 34.2 Å². The van der Waals surface area contributed by atoms with Crippen LogP contribution < -0.4 is 5.32 Å². The summed E-state index contributed by atoms with van der Waals surface area (Å²) in [6, 6.07) is 15.5. The van der Waals surface area contributed by atoms with Crippen LogP contribution in [-0.4, -0.2) is 33.4 Å². The van der Waals surface area contributed by atoms with Crippen LogP contribution in [0.5, 0.6) is 0 Å². The highest BCUT2D eigenvalue weighted by Gasteiger charge is 2.27. The monoisotopic (exact) mass is 382 g/mol. The molecule has 4 rings (SSSR count). The SMILES string of the molecule is Cn1c(CN2CCC[C@@H](C(=O)Nc3ccccc3Cl)C2)nc2ccccc21. The molecular weight excluding hydrogens is 360 g/mol. The van der Waals surface area contributed by atoms with Crippen LogP contribution in [0.2, 0.25) is 5.02 Å². The minimum Gasteiger partial charge on any atom is -0.330 e. The van der Waals surface area contributed by atoms with Gasteiger partial charge in [-0.15, -0.1) is 0 Å². The summed E-state index contributed by atoms with van der Waals surface area (Å²) in [5, 5.41) is 3.55. The third-order valence-electron chi connectivity index (χ3n) is 5.25. The van der Waals surface area contributed by atoms with Crippen LogP contribution >= 0.6 is 11.6 Å². The molecule has 0 unspecified atom stereocenters. The van der Waals surface area contributed by atoms with Crippen molar-refractivity contribution in [2.75, 3.05) is 18.4 Å². The van der Waals surface area contributed by atoms with E-state index in [2.05, 4.69) is 27.9 Å². The van der Waals surface area contributed by atoms with Crippen molar-refractivity contribution in [3.05, 3.63) is 59.4 Å². The average Bonchev–Trinajstić information content (AvgIpc) is 3.00. The second-order valence-corrected chi connectivity index (χ2v) is 7.53. The lowest BCUT2D eigenvalue weighted by atomic mass is 9.97. The molecule has 1 amide bonds. The first-order chi connectivity index (χ1) is 13.1. The number of carbonyl (C=O) groups is 1. The third-order valence-corrected chi connectivity index (χ3v) is 5.58. The lowest BCUT2D eigenvalue weighted by Gasteiger charge is -2.31. The van der Waals surface area contributed by atoms with Crippen molar-refractivity contribution in [2.24, 2.45) is 13.0 Å². The molecule has 1 N–H and O–H groups in total. The number of imidazole rings is 1. The van der Waals surface area contributed by atoms with Gasteiger partial charge in [0.15, 0.2) is 0 Å². The van der Waals surface area contributed by atoms with Crippen molar-refractivity contribution in [3.8, 4) is 0 Å². The van der Waals surface area contributed by atoms with Crippen LogP contribution in [0, 0.1) is 5.92 Å². The standard InChI is InChI=1S/C21H23ClN4O/c1-25-19-11-5-4-10-18(19)23-20(25)14-26-12-6-7-15(13-26)21(27)24-17-9-3-2-8-16(17)22/h2-5,8-11,15H,6-7,12-14H2,1H3,(H,24,27)/t15-/m1/s1. The fourth-order valence-electron chi connectivity index (χ4n) is 3.75. The zero-order chi connectivity index (χ0) is 18.8. The highest BCUT2D eigenvalue weighted by Crippen LogP contribution is 2.24. The average molecular weight is 383 g/mol. The second-order valence-electron chi connectivity index (χ2n) is 7.12. The van der Waals surface area contributed by atoms with Crippen molar-refractivity contribution < 1.29 is 4.79 Å². The van der Waals surface area contributed by atoms with Crippen molar-refractivity contribution in [1.82, 2.24) is 14.5 Å². The Morgan fingerprint density at radius 3 is 2.81 bits per heavy atom. The van der Waals surface area contributed by atoms with E-state index in [9.17, 15) is 4.79 Å². The summed E-state index contributed by atoms with van der Waals surface area (Å²) in [6.07, 6.45) is 1.90. The molecule has 140 valence electrons. The number of benzene rings is 2. The number of aryl methyl sites for hydroxylation is 1. The Kier molecular flexibility index (Phi) is 5.14. The molecule has 1 saturated heterocycles. The van der Waals surface area contributed by atoms with E-state index in [-0.39, 0.29) is 11.8 Å². The summed E-state index contributed by atoms with van der Waals surface area (Å²) >= 11 is 6.16. The Morgan fingerprint density at radius 1 is 1.22 bits per heavy atom. The van der Waals surface area contributed by atoms with Gasteiger partial charge in [-0.25, -0.2) is 4.98 Å². The third kappa shape index (κ3) is 3.84. The Morgan fingerprint density at radius 2 is 2.00 bits per heavy atom. The number of hydrogen-bond acceptors (Lipinski definition) is 3. The lowest BCUT2D eigenvalue weighted by molar-refractivity contribution is -0.121. The van der Waals surface area contributed by atoms with Crippen molar-refractivity contribution in [1.29, 1.82) is 0 Å². The highest BCUT2D eigenvalue weighted by atomic mass is 35.5. The molecule has 0 radical (unpaired) electrons. The first-order valence-corrected chi connectivity index (χ1v) is 9.67. The summed E-state index contributed by atoms with van der Waals surface area (Å²) < 4.78 is 2.14. The summed E-state index contributed by atoms with van der Waals surface area (Å²) in [7, 11) is 2.05. The molecular formula is C21H23ClN4O. The van der Waals surface area contributed by atoms with Crippen molar-refractivity contribution >= 4 is 34.2 Å². The molecule has 1 aliphatic heterocycles. The number of carbonyl (C=O) groups excluding carboxylic acids is 1. The van der Waals surface area contributed by atoms with Crippen LogP contribution in [0.4, 0.5) is 5.69 Å². The van der Waals surface area contributed by atoms with Gasteiger partial charge >= 0.3 is 0 Å². The van der Waals surface area contributed by atoms with Crippen molar-refractivity contribution in [2.45, 2.75) is 19.4 Å². The molecule has 1 atom stereocenters. The zero-order valence-corrected chi connectivity index (χ0v) is 16.1. The van der Waals surface area contributed by atoms with Gasteiger partial charge in [0.2, 0.25) is 5.91 Å². The van der Waals surface area contributed by atoms with Gasteiger partial charge in [0.25, 0.3) is 0 Å².